The van der Waals surface area contributed by atoms with Crippen molar-refractivity contribution in [1.82, 2.24) is 0 Å². The van der Waals surface area contributed by atoms with Crippen LogP contribution >= 0.6 is 0 Å². The number of rotatable bonds is 4. The number of benzene rings is 1. The Labute approximate surface area is 91.0 Å². The van der Waals surface area contributed by atoms with Gasteiger partial charge in [-0.3, -0.25) is 0 Å². The second-order valence-electron chi connectivity index (χ2n) is 3.34. The van der Waals surface area contributed by atoms with Crippen LogP contribution in [0.2, 0.25) is 0 Å². The highest BCUT2D eigenvalue weighted by Gasteiger charge is 2.34. The fourth-order valence-electron chi connectivity index (χ4n) is 1.18. The van der Waals surface area contributed by atoms with Crippen molar-refractivity contribution in [2.75, 3.05) is 6.61 Å². The molecule has 1 aromatic rings. The summed E-state index contributed by atoms with van der Waals surface area (Å²) in [6.07, 6.45) is -3.08. The van der Waals surface area contributed by atoms with Crippen LogP contribution < -0.4 is 4.74 Å². The molecule has 5 heteroatoms. The summed E-state index contributed by atoms with van der Waals surface area (Å²) in [5.41, 5.74) is -0.940. The second-order valence-corrected chi connectivity index (χ2v) is 3.34. The minimum Gasteiger partial charge on any atom is -0.493 e. The van der Waals surface area contributed by atoms with E-state index < -0.39 is 23.3 Å². The average Bonchev–Trinajstić information content (AvgIpc) is 2.16. The maximum Gasteiger partial charge on any atom is 0.419 e. The SMILES string of the molecule is CCCCOc1cc(F)ccc1C(F)(F)F. The first kappa shape index (κ1) is 12.8. The molecule has 0 aliphatic heterocycles. The van der Waals surface area contributed by atoms with E-state index in [1.807, 2.05) is 6.92 Å². The molecular weight excluding hydrogens is 224 g/mol. The maximum absolute atomic E-state index is 12.8. The molecule has 0 bridgehead atoms. The summed E-state index contributed by atoms with van der Waals surface area (Å²) in [7, 11) is 0. The molecule has 1 nitrogen and oxygen atoms in total. The van der Waals surface area contributed by atoms with Gasteiger partial charge in [0, 0.05) is 6.07 Å². The number of halogens is 4. The van der Waals surface area contributed by atoms with Crippen molar-refractivity contribution in [3.05, 3.63) is 29.6 Å². The zero-order valence-corrected chi connectivity index (χ0v) is 8.77. The Balaban J connectivity index is 2.90. The highest BCUT2D eigenvalue weighted by Crippen LogP contribution is 2.36. The topological polar surface area (TPSA) is 9.23 Å². The lowest BCUT2D eigenvalue weighted by molar-refractivity contribution is -0.139. The van der Waals surface area contributed by atoms with Gasteiger partial charge in [-0.2, -0.15) is 13.2 Å². The van der Waals surface area contributed by atoms with Crippen molar-refractivity contribution >= 4 is 0 Å². The van der Waals surface area contributed by atoms with Gasteiger partial charge in [0.25, 0.3) is 0 Å². The normalized spacial score (nSPS) is 11.6. The number of hydrogen-bond acceptors (Lipinski definition) is 1. The van der Waals surface area contributed by atoms with E-state index in [9.17, 15) is 17.6 Å². The van der Waals surface area contributed by atoms with E-state index in [-0.39, 0.29) is 6.61 Å². The lowest BCUT2D eigenvalue weighted by Crippen LogP contribution is -2.09. The molecule has 1 rings (SSSR count). The summed E-state index contributed by atoms with van der Waals surface area (Å²) in [5, 5.41) is 0. The largest absolute Gasteiger partial charge is 0.493 e. The predicted octanol–water partition coefficient (Wildman–Crippen LogP) is 4.02. The van der Waals surface area contributed by atoms with E-state index in [1.165, 1.54) is 0 Å². The van der Waals surface area contributed by atoms with Crippen LogP contribution in [0.5, 0.6) is 5.75 Å². The van der Waals surface area contributed by atoms with Crippen molar-refractivity contribution in [3.8, 4) is 5.75 Å². The van der Waals surface area contributed by atoms with Crippen LogP contribution in [0.25, 0.3) is 0 Å². The molecule has 16 heavy (non-hydrogen) atoms. The van der Waals surface area contributed by atoms with Crippen LogP contribution in [0.15, 0.2) is 18.2 Å². The molecule has 0 aromatic heterocycles. The van der Waals surface area contributed by atoms with E-state index in [0.717, 1.165) is 18.6 Å². The zero-order valence-electron chi connectivity index (χ0n) is 8.77. The Kier molecular flexibility index (Phi) is 4.15. The molecule has 0 aliphatic rings. The van der Waals surface area contributed by atoms with Gasteiger partial charge in [-0.15, -0.1) is 0 Å². The fraction of sp³-hybridized carbons (Fsp3) is 0.455. The minimum atomic E-state index is -4.52. The predicted molar refractivity (Wildman–Crippen MR) is 51.8 cm³/mol. The van der Waals surface area contributed by atoms with Gasteiger partial charge < -0.3 is 4.74 Å². The molecule has 0 saturated carbocycles. The summed E-state index contributed by atoms with van der Waals surface area (Å²) in [5.74, 6) is -1.18. The second kappa shape index (κ2) is 5.18. The molecule has 0 saturated heterocycles. The van der Waals surface area contributed by atoms with Crippen LogP contribution in [0.4, 0.5) is 17.6 Å². The van der Waals surface area contributed by atoms with Crippen LogP contribution in [-0.4, -0.2) is 6.61 Å². The molecule has 0 aliphatic carbocycles. The molecule has 1 aromatic carbocycles. The highest BCUT2D eigenvalue weighted by atomic mass is 19.4. The van der Waals surface area contributed by atoms with Crippen LogP contribution in [-0.2, 0) is 6.18 Å². The molecule has 90 valence electrons. The van der Waals surface area contributed by atoms with Gasteiger partial charge in [0.05, 0.1) is 12.2 Å². The molecule has 0 N–H and O–H groups in total. The van der Waals surface area contributed by atoms with Crippen LogP contribution in [0.3, 0.4) is 0 Å². The van der Waals surface area contributed by atoms with E-state index in [0.29, 0.717) is 12.5 Å². The van der Waals surface area contributed by atoms with E-state index >= 15 is 0 Å². The van der Waals surface area contributed by atoms with Gasteiger partial charge in [0.15, 0.2) is 0 Å². The van der Waals surface area contributed by atoms with Crippen LogP contribution in [0.1, 0.15) is 25.3 Å². The van der Waals surface area contributed by atoms with Gasteiger partial charge >= 0.3 is 6.18 Å². The molecule has 0 radical (unpaired) electrons. The number of alkyl halides is 3. The number of ether oxygens (including phenoxy) is 1. The van der Waals surface area contributed by atoms with Crippen molar-refractivity contribution in [2.45, 2.75) is 25.9 Å². The average molecular weight is 236 g/mol. The van der Waals surface area contributed by atoms with Crippen molar-refractivity contribution in [2.24, 2.45) is 0 Å². The number of unbranched alkanes of at least 4 members (excludes halogenated alkanes) is 1. The molecular formula is C11H12F4O. The Bertz CT molecular complexity index is 346. The van der Waals surface area contributed by atoms with Crippen molar-refractivity contribution in [1.29, 1.82) is 0 Å². The molecule has 0 heterocycles. The first-order chi connectivity index (χ1) is 7.45. The third kappa shape index (κ3) is 3.40. The van der Waals surface area contributed by atoms with Gasteiger partial charge in [0.1, 0.15) is 11.6 Å². The molecule has 0 unspecified atom stereocenters. The molecule has 0 amide bonds. The lowest BCUT2D eigenvalue weighted by Gasteiger charge is -2.13. The Morgan fingerprint density at radius 3 is 2.50 bits per heavy atom. The standard InChI is InChI=1S/C11H12F4O/c1-2-3-6-16-10-7-8(12)4-5-9(10)11(13,14)15/h4-5,7H,2-3,6H2,1H3. The van der Waals surface area contributed by atoms with Gasteiger partial charge in [0.2, 0.25) is 0 Å². The molecule has 0 fully saturated rings. The summed E-state index contributed by atoms with van der Waals surface area (Å²) >= 11 is 0. The monoisotopic (exact) mass is 236 g/mol. The van der Waals surface area contributed by atoms with E-state index in [1.54, 1.807) is 0 Å². The highest BCUT2D eigenvalue weighted by molar-refractivity contribution is 5.36. The lowest BCUT2D eigenvalue weighted by atomic mass is 10.2. The summed E-state index contributed by atoms with van der Waals surface area (Å²) < 4.78 is 55.2. The smallest absolute Gasteiger partial charge is 0.419 e. The quantitative estimate of drug-likeness (QED) is 0.566. The first-order valence-electron chi connectivity index (χ1n) is 4.94. The Morgan fingerprint density at radius 1 is 1.25 bits per heavy atom. The molecule has 0 spiro atoms. The van der Waals surface area contributed by atoms with Gasteiger partial charge in [-0.25, -0.2) is 4.39 Å². The zero-order chi connectivity index (χ0) is 12.2. The van der Waals surface area contributed by atoms with Crippen LogP contribution in [0, 0.1) is 5.82 Å². The first-order valence-corrected chi connectivity index (χ1v) is 4.94. The summed E-state index contributed by atoms with van der Waals surface area (Å²) in [6.45, 7) is 2.04. The van der Waals surface area contributed by atoms with Gasteiger partial charge in [-0.1, -0.05) is 13.3 Å². The minimum absolute atomic E-state index is 0.156. The number of hydrogen-bond donors (Lipinski definition) is 0. The Hall–Kier alpha value is -1.26. The summed E-state index contributed by atoms with van der Waals surface area (Å²) in [4.78, 5) is 0. The maximum atomic E-state index is 12.8. The fourth-order valence-corrected chi connectivity index (χ4v) is 1.18. The van der Waals surface area contributed by atoms with E-state index in [4.69, 9.17) is 4.74 Å². The van der Waals surface area contributed by atoms with Crippen molar-refractivity contribution in [3.63, 3.8) is 0 Å². The molecule has 0 atom stereocenters. The third-order valence-electron chi connectivity index (χ3n) is 2.00. The van der Waals surface area contributed by atoms with E-state index in [2.05, 4.69) is 0 Å². The van der Waals surface area contributed by atoms with Gasteiger partial charge in [-0.05, 0) is 18.6 Å². The summed E-state index contributed by atoms with van der Waals surface area (Å²) in [6, 6.07) is 2.23. The third-order valence-corrected chi connectivity index (χ3v) is 2.00. The van der Waals surface area contributed by atoms with Crippen molar-refractivity contribution < 1.29 is 22.3 Å². The Morgan fingerprint density at radius 2 is 1.94 bits per heavy atom.